The van der Waals surface area contributed by atoms with E-state index < -0.39 is 0 Å². The molecule has 0 saturated carbocycles. The van der Waals surface area contributed by atoms with Gasteiger partial charge in [-0.15, -0.1) is 16.3 Å². The van der Waals surface area contributed by atoms with Crippen molar-refractivity contribution in [3.63, 3.8) is 0 Å². The smallest absolute Gasteiger partial charge is 0.287 e. The quantitative estimate of drug-likeness (QED) is 0.422. The molecule has 1 amide bonds. The molecular formula is C23H21N3O5S. The molecule has 0 atom stereocenters. The van der Waals surface area contributed by atoms with Gasteiger partial charge >= 0.3 is 0 Å². The summed E-state index contributed by atoms with van der Waals surface area (Å²) in [5, 5.41) is 2.94. The molecule has 0 radical (unpaired) electrons. The summed E-state index contributed by atoms with van der Waals surface area (Å²) in [6.45, 7) is 1.76. The van der Waals surface area contributed by atoms with Crippen molar-refractivity contribution in [3.8, 4) is 11.5 Å². The standard InChI is InChI=1S/C23H21N3O5S/c1-14-10-21-24-16(12-22(27)26(21)31-14)13-32-20-7-5-4-6-17(20)25-23(28)15-8-9-18(29-2)19(11-15)30-3/h4-12H,13H2,1-3H3,(H,25,28). The number of aromatic nitrogens is 2. The highest BCUT2D eigenvalue weighted by Crippen LogP contribution is 2.31. The zero-order chi connectivity index (χ0) is 22.7. The molecule has 0 unspecified atom stereocenters. The summed E-state index contributed by atoms with van der Waals surface area (Å²) in [6.07, 6.45) is 0. The number of carbonyl (C=O) groups is 1. The molecule has 0 aliphatic rings. The Bertz CT molecular complexity index is 1350. The van der Waals surface area contributed by atoms with Crippen molar-refractivity contribution in [2.24, 2.45) is 0 Å². The SMILES string of the molecule is COc1ccc(C(=O)Nc2ccccc2SCc2cc(=O)n3oc(C)cc3n2)cc1OC. The number of aryl methyl sites for hydroxylation is 1. The van der Waals surface area contributed by atoms with Crippen molar-refractivity contribution in [2.75, 3.05) is 19.5 Å². The predicted molar refractivity (Wildman–Crippen MR) is 122 cm³/mol. The first-order valence-electron chi connectivity index (χ1n) is 9.73. The summed E-state index contributed by atoms with van der Waals surface area (Å²) >= 11 is 1.47. The zero-order valence-electron chi connectivity index (χ0n) is 17.7. The summed E-state index contributed by atoms with van der Waals surface area (Å²) in [5.41, 5.74) is 1.93. The monoisotopic (exact) mass is 451 g/mol. The molecule has 0 saturated heterocycles. The van der Waals surface area contributed by atoms with E-state index in [2.05, 4.69) is 10.3 Å². The fraction of sp³-hybridized carbons (Fsp3) is 0.174. The Morgan fingerprint density at radius 2 is 1.88 bits per heavy atom. The molecule has 1 N–H and O–H groups in total. The molecule has 32 heavy (non-hydrogen) atoms. The van der Waals surface area contributed by atoms with E-state index >= 15 is 0 Å². The maximum absolute atomic E-state index is 12.8. The first kappa shape index (κ1) is 21.5. The van der Waals surface area contributed by atoms with Crippen LogP contribution in [0, 0.1) is 6.92 Å². The maximum atomic E-state index is 12.8. The van der Waals surface area contributed by atoms with Gasteiger partial charge in [0.05, 0.1) is 25.6 Å². The molecule has 0 bridgehead atoms. The number of rotatable bonds is 7. The van der Waals surface area contributed by atoms with Crippen LogP contribution in [0.5, 0.6) is 11.5 Å². The van der Waals surface area contributed by atoms with Crippen LogP contribution in [-0.2, 0) is 5.75 Å². The molecule has 0 aliphatic heterocycles. The lowest BCUT2D eigenvalue weighted by Gasteiger charge is -2.12. The van der Waals surface area contributed by atoms with Crippen molar-refractivity contribution in [1.82, 2.24) is 9.56 Å². The Morgan fingerprint density at radius 1 is 1.09 bits per heavy atom. The van der Waals surface area contributed by atoms with Gasteiger partial charge in [-0.3, -0.25) is 9.59 Å². The third kappa shape index (κ3) is 4.47. The summed E-state index contributed by atoms with van der Waals surface area (Å²) in [5.74, 6) is 1.82. The summed E-state index contributed by atoms with van der Waals surface area (Å²) in [6, 6.07) is 15.6. The van der Waals surface area contributed by atoms with E-state index in [1.807, 2.05) is 24.3 Å². The van der Waals surface area contributed by atoms with Crippen molar-refractivity contribution in [2.45, 2.75) is 17.6 Å². The fourth-order valence-corrected chi connectivity index (χ4v) is 4.07. The number of amides is 1. The fourth-order valence-electron chi connectivity index (χ4n) is 3.17. The number of hydrogen-bond donors (Lipinski definition) is 1. The van der Waals surface area contributed by atoms with Gasteiger partial charge in [-0.25, -0.2) is 4.98 Å². The Labute approximate surface area is 188 Å². The van der Waals surface area contributed by atoms with Gasteiger partial charge in [-0.2, -0.15) is 0 Å². The van der Waals surface area contributed by atoms with E-state index in [9.17, 15) is 9.59 Å². The number of anilines is 1. The van der Waals surface area contributed by atoms with Crippen molar-refractivity contribution in [1.29, 1.82) is 0 Å². The van der Waals surface area contributed by atoms with Crippen LogP contribution in [0.4, 0.5) is 5.69 Å². The molecule has 2 aromatic carbocycles. The van der Waals surface area contributed by atoms with Crippen molar-refractivity contribution in [3.05, 3.63) is 82.0 Å². The van der Waals surface area contributed by atoms with Gasteiger partial charge < -0.3 is 19.3 Å². The molecule has 164 valence electrons. The van der Waals surface area contributed by atoms with Crippen molar-refractivity contribution >= 4 is 29.0 Å². The minimum absolute atomic E-state index is 0.270. The summed E-state index contributed by atoms with van der Waals surface area (Å²) in [7, 11) is 3.06. The molecule has 0 spiro atoms. The maximum Gasteiger partial charge on any atom is 0.287 e. The molecule has 0 fully saturated rings. The number of para-hydroxylation sites is 1. The number of nitrogens with one attached hydrogen (secondary N) is 1. The van der Waals surface area contributed by atoms with Gasteiger partial charge in [-0.1, -0.05) is 12.1 Å². The van der Waals surface area contributed by atoms with Gasteiger partial charge in [0.2, 0.25) is 0 Å². The van der Waals surface area contributed by atoms with E-state index in [-0.39, 0.29) is 11.5 Å². The Morgan fingerprint density at radius 3 is 2.66 bits per heavy atom. The van der Waals surface area contributed by atoms with Gasteiger partial charge in [-0.05, 0) is 37.3 Å². The lowest BCUT2D eigenvalue weighted by molar-refractivity contribution is 0.102. The first-order chi connectivity index (χ1) is 15.5. The minimum atomic E-state index is -0.273. The van der Waals surface area contributed by atoms with Crippen LogP contribution in [0.25, 0.3) is 5.65 Å². The highest BCUT2D eigenvalue weighted by Gasteiger charge is 2.14. The average molecular weight is 452 g/mol. The van der Waals surface area contributed by atoms with Crippen LogP contribution in [-0.4, -0.2) is 29.7 Å². The van der Waals surface area contributed by atoms with Crippen LogP contribution in [0.1, 0.15) is 21.8 Å². The molecule has 4 aromatic rings. The number of fused-ring (bicyclic) bond motifs is 1. The minimum Gasteiger partial charge on any atom is -0.493 e. The second kappa shape index (κ2) is 9.19. The second-order valence-corrected chi connectivity index (χ2v) is 7.91. The molecule has 2 heterocycles. The first-order valence-corrected chi connectivity index (χ1v) is 10.7. The highest BCUT2D eigenvalue weighted by molar-refractivity contribution is 7.98. The van der Waals surface area contributed by atoms with Crippen LogP contribution >= 0.6 is 11.8 Å². The molecule has 8 nitrogen and oxygen atoms in total. The van der Waals surface area contributed by atoms with Gasteiger partial charge in [0.15, 0.2) is 17.1 Å². The number of benzene rings is 2. The zero-order valence-corrected chi connectivity index (χ0v) is 18.6. The van der Waals surface area contributed by atoms with Crippen LogP contribution in [0.3, 0.4) is 0 Å². The number of hydrogen-bond acceptors (Lipinski definition) is 7. The Hall–Kier alpha value is -3.72. The van der Waals surface area contributed by atoms with Crippen molar-refractivity contribution < 1.29 is 18.8 Å². The van der Waals surface area contributed by atoms with E-state index in [4.69, 9.17) is 14.0 Å². The van der Waals surface area contributed by atoms with Crippen LogP contribution < -0.4 is 20.3 Å². The molecule has 2 aromatic heterocycles. The normalized spacial score (nSPS) is 10.8. The van der Waals surface area contributed by atoms with Crippen LogP contribution in [0.15, 0.2) is 68.8 Å². The third-order valence-corrected chi connectivity index (χ3v) is 5.79. The highest BCUT2D eigenvalue weighted by atomic mass is 32.2. The molecule has 4 rings (SSSR count). The van der Waals surface area contributed by atoms with Gasteiger partial charge in [0, 0.05) is 28.3 Å². The Kier molecular flexibility index (Phi) is 6.18. The molecular weight excluding hydrogens is 430 g/mol. The largest absolute Gasteiger partial charge is 0.493 e. The number of nitrogens with zero attached hydrogens (tertiary/aromatic N) is 2. The van der Waals surface area contributed by atoms with E-state index in [1.165, 1.54) is 29.5 Å². The van der Waals surface area contributed by atoms with Crippen LogP contribution in [0.2, 0.25) is 0 Å². The lowest BCUT2D eigenvalue weighted by atomic mass is 10.2. The molecule has 9 heteroatoms. The average Bonchev–Trinajstić information content (AvgIpc) is 3.18. The summed E-state index contributed by atoms with van der Waals surface area (Å²) < 4.78 is 17.0. The number of methoxy groups -OCH3 is 2. The second-order valence-electron chi connectivity index (χ2n) is 6.89. The van der Waals surface area contributed by atoms with E-state index in [0.29, 0.717) is 45.6 Å². The van der Waals surface area contributed by atoms with E-state index in [1.54, 1.807) is 38.3 Å². The van der Waals surface area contributed by atoms with E-state index in [0.717, 1.165) is 4.90 Å². The molecule has 0 aliphatic carbocycles. The number of thioether (sulfide) groups is 1. The Balaban J connectivity index is 1.52. The topological polar surface area (TPSA) is 95.1 Å². The summed E-state index contributed by atoms with van der Waals surface area (Å²) in [4.78, 5) is 30.4. The van der Waals surface area contributed by atoms with Gasteiger partial charge in [0.25, 0.3) is 11.5 Å². The van der Waals surface area contributed by atoms with Gasteiger partial charge in [0.1, 0.15) is 5.76 Å². The number of carbonyl (C=O) groups excluding carboxylic acids is 1. The number of ether oxygens (including phenoxy) is 2. The third-order valence-electron chi connectivity index (χ3n) is 4.68. The lowest BCUT2D eigenvalue weighted by Crippen LogP contribution is -2.13. The predicted octanol–water partition coefficient (Wildman–Crippen LogP) is 4.16.